The van der Waals surface area contributed by atoms with E-state index in [1.54, 1.807) is 0 Å². The van der Waals surface area contributed by atoms with Crippen LogP contribution in [0, 0.1) is 0 Å². The second-order valence-corrected chi connectivity index (χ2v) is 17.2. The van der Waals surface area contributed by atoms with Gasteiger partial charge in [0.1, 0.15) is 0 Å². The molecule has 3 aliphatic rings. The Bertz CT molecular complexity index is 3050. The van der Waals surface area contributed by atoms with Gasteiger partial charge >= 0.3 is 0 Å². The number of benzene rings is 7. The van der Waals surface area contributed by atoms with Gasteiger partial charge in [0.15, 0.2) is 0 Å². The lowest BCUT2D eigenvalue weighted by atomic mass is 9.82. The van der Waals surface area contributed by atoms with E-state index in [2.05, 4.69) is 236 Å². The first-order valence-electron chi connectivity index (χ1n) is 21.8. The topological polar surface area (TPSA) is 8.17 Å². The Morgan fingerprint density at radius 3 is 1.95 bits per heavy atom. The quantitative estimate of drug-likeness (QED) is 0.149. The van der Waals surface area contributed by atoms with Crippen LogP contribution in [-0.4, -0.2) is 4.57 Å². The molecule has 0 N–H and O–H groups in total. The molecule has 0 fully saturated rings. The van der Waals surface area contributed by atoms with Crippen molar-refractivity contribution in [1.29, 1.82) is 0 Å². The molecule has 1 heterocycles. The van der Waals surface area contributed by atoms with Crippen molar-refractivity contribution in [3.63, 3.8) is 0 Å². The van der Waals surface area contributed by atoms with Gasteiger partial charge in [0, 0.05) is 45.0 Å². The maximum atomic E-state index is 2.52. The molecule has 294 valence electrons. The second kappa shape index (κ2) is 15.1. The number of para-hydroxylation sites is 1. The smallest absolute Gasteiger partial charge is 0.0616 e. The molecule has 8 aromatic rings. The van der Waals surface area contributed by atoms with Gasteiger partial charge in [-0.2, -0.15) is 0 Å². The largest absolute Gasteiger partial charge is 0.311 e. The van der Waals surface area contributed by atoms with Crippen molar-refractivity contribution in [3.8, 4) is 39.2 Å². The van der Waals surface area contributed by atoms with Crippen LogP contribution in [0.15, 0.2) is 218 Å². The van der Waals surface area contributed by atoms with E-state index >= 15 is 0 Å². The molecule has 2 nitrogen and oxygen atoms in total. The highest BCUT2D eigenvalue weighted by Gasteiger charge is 2.37. The molecule has 0 amide bonds. The average molecular weight is 785 g/mol. The molecule has 1 atom stereocenters. The number of anilines is 2. The predicted molar refractivity (Wildman–Crippen MR) is 258 cm³/mol. The number of hydrogen-bond donors (Lipinski definition) is 0. The van der Waals surface area contributed by atoms with Gasteiger partial charge in [-0.15, -0.1) is 0 Å². The lowest BCUT2D eigenvalue weighted by molar-refractivity contribution is 0.660. The van der Waals surface area contributed by atoms with Crippen molar-refractivity contribution in [3.05, 3.63) is 240 Å². The lowest BCUT2D eigenvalue weighted by Gasteiger charge is -2.31. The molecule has 11 rings (SSSR count). The predicted octanol–water partition coefficient (Wildman–Crippen LogP) is 15.8. The number of hydrogen-bond acceptors (Lipinski definition) is 1. The molecule has 0 saturated carbocycles. The minimum Gasteiger partial charge on any atom is -0.311 e. The van der Waals surface area contributed by atoms with Crippen LogP contribution in [0.25, 0.3) is 55.7 Å². The maximum Gasteiger partial charge on any atom is 0.0616 e. The summed E-state index contributed by atoms with van der Waals surface area (Å²) in [7, 11) is 0. The minimum atomic E-state index is -0.232. The van der Waals surface area contributed by atoms with Gasteiger partial charge in [-0.05, 0) is 118 Å². The number of nitrogens with zero attached hydrogens (tertiary/aromatic N) is 2. The number of rotatable bonds is 8. The van der Waals surface area contributed by atoms with Crippen LogP contribution >= 0.6 is 0 Å². The fraction of sp³-hybridized carbons (Fsp3) is 0.119. The van der Waals surface area contributed by atoms with E-state index in [0.717, 1.165) is 24.9 Å². The van der Waals surface area contributed by atoms with Crippen molar-refractivity contribution < 1.29 is 0 Å². The van der Waals surface area contributed by atoms with Crippen molar-refractivity contribution >= 4 is 27.9 Å². The molecule has 2 heteroatoms. The summed E-state index contributed by atoms with van der Waals surface area (Å²) >= 11 is 0. The van der Waals surface area contributed by atoms with Gasteiger partial charge in [0.2, 0.25) is 0 Å². The molecule has 7 aromatic carbocycles. The van der Waals surface area contributed by atoms with Crippen molar-refractivity contribution in [2.75, 3.05) is 4.90 Å². The van der Waals surface area contributed by atoms with Crippen LogP contribution in [0.3, 0.4) is 0 Å². The van der Waals surface area contributed by atoms with Crippen molar-refractivity contribution in [2.24, 2.45) is 0 Å². The van der Waals surface area contributed by atoms with Gasteiger partial charge in [0.25, 0.3) is 0 Å². The summed E-state index contributed by atoms with van der Waals surface area (Å²) < 4.78 is 2.52. The van der Waals surface area contributed by atoms with E-state index in [0.29, 0.717) is 5.92 Å². The average Bonchev–Trinajstić information content (AvgIpc) is 3.79. The maximum absolute atomic E-state index is 2.52. The van der Waals surface area contributed by atoms with E-state index in [1.807, 2.05) is 0 Å². The molecule has 0 radical (unpaired) electrons. The normalized spacial score (nSPS) is 16.2. The minimum absolute atomic E-state index is 0.232. The Kier molecular flexibility index (Phi) is 9.16. The second-order valence-electron chi connectivity index (χ2n) is 17.2. The molecule has 1 aromatic heterocycles. The Hall–Kier alpha value is -7.16. The van der Waals surface area contributed by atoms with Crippen LogP contribution in [0.5, 0.6) is 0 Å². The van der Waals surface area contributed by atoms with E-state index in [1.165, 1.54) is 89.3 Å². The third kappa shape index (κ3) is 6.42. The molecule has 0 saturated heterocycles. The zero-order valence-corrected chi connectivity index (χ0v) is 34.8. The summed E-state index contributed by atoms with van der Waals surface area (Å²) in [6.45, 7) is 4.82. The molecular weight excluding hydrogens is 737 g/mol. The van der Waals surface area contributed by atoms with Gasteiger partial charge in [0.05, 0.1) is 11.2 Å². The number of allylic oxidation sites excluding steroid dienone is 7. The summed E-state index contributed by atoms with van der Waals surface area (Å²) in [5.41, 5.74) is 20.1. The summed E-state index contributed by atoms with van der Waals surface area (Å²) in [6, 6.07) is 64.9. The molecule has 61 heavy (non-hydrogen) atoms. The molecule has 0 bridgehead atoms. The Morgan fingerprint density at radius 2 is 1.25 bits per heavy atom. The summed E-state index contributed by atoms with van der Waals surface area (Å²) in [6.07, 6.45) is 17.0. The standard InChI is InChI=1S/C59H48N2/c1-59(2)54-39-49(60(47-31-27-43(28-32-47)41-17-7-3-8-18-41)48-33-29-44(30-34-48)42-19-9-4-10-20-42)35-37-51(54)52-38-36-50(40-55(52)59)61-56-26-16-15-25-53(56)57(45-21-11-5-12-22-45)58(61)46-23-13-6-14-24-46/h3-11,13-21,23-29,31-40,44H,12,22,30H2,1-2H3. The Morgan fingerprint density at radius 1 is 0.607 bits per heavy atom. The molecule has 0 aliphatic heterocycles. The highest BCUT2D eigenvalue weighted by molar-refractivity contribution is 6.03. The lowest BCUT2D eigenvalue weighted by Crippen LogP contribution is -2.19. The molecule has 0 spiro atoms. The first kappa shape index (κ1) is 36.9. The van der Waals surface area contributed by atoms with Gasteiger partial charge < -0.3 is 9.47 Å². The van der Waals surface area contributed by atoms with E-state index < -0.39 is 0 Å². The van der Waals surface area contributed by atoms with Crippen LogP contribution in [0.1, 0.15) is 61.3 Å². The molecule has 1 unspecified atom stereocenters. The van der Waals surface area contributed by atoms with Crippen LogP contribution in [0.4, 0.5) is 11.4 Å². The zero-order valence-electron chi connectivity index (χ0n) is 34.8. The van der Waals surface area contributed by atoms with Gasteiger partial charge in [-0.1, -0.05) is 178 Å². The number of aromatic nitrogens is 1. The number of fused-ring (bicyclic) bond motifs is 4. The highest BCUT2D eigenvalue weighted by atomic mass is 15.1. The monoisotopic (exact) mass is 784 g/mol. The van der Waals surface area contributed by atoms with E-state index in [-0.39, 0.29) is 5.41 Å². The summed E-state index contributed by atoms with van der Waals surface area (Å²) in [5, 5.41) is 1.30. The molecular formula is C59H48N2. The summed E-state index contributed by atoms with van der Waals surface area (Å²) in [4.78, 5) is 2.45. The van der Waals surface area contributed by atoms with Crippen LogP contribution in [0.2, 0.25) is 0 Å². The van der Waals surface area contributed by atoms with Gasteiger partial charge in [-0.3, -0.25) is 0 Å². The summed E-state index contributed by atoms with van der Waals surface area (Å²) in [5.74, 6) is 0.363. The van der Waals surface area contributed by atoms with Crippen LogP contribution < -0.4 is 4.90 Å². The highest BCUT2D eigenvalue weighted by Crippen LogP contribution is 2.52. The first-order chi connectivity index (χ1) is 30.0. The zero-order chi connectivity index (χ0) is 40.9. The third-order valence-electron chi connectivity index (χ3n) is 13.2. The van der Waals surface area contributed by atoms with E-state index in [9.17, 15) is 0 Å². The van der Waals surface area contributed by atoms with E-state index in [4.69, 9.17) is 0 Å². The van der Waals surface area contributed by atoms with Gasteiger partial charge in [-0.25, -0.2) is 0 Å². The Balaban J connectivity index is 1.02. The fourth-order valence-electron chi connectivity index (χ4n) is 10.1. The van der Waals surface area contributed by atoms with Crippen LogP contribution in [-0.2, 0) is 5.41 Å². The van der Waals surface area contributed by atoms with Crippen molar-refractivity contribution in [2.45, 2.75) is 44.4 Å². The third-order valence-corrected chi connectivity index (χ3v) is 13.2. The fourth-order valence-corrected chi connectivity index (χ4v) is 10.1. The van der Waals surface area contributed by atoms with Crippen molar-refractivity contribution in [1.82, 2.24) is 4.57 Å². The SMILES string of the molecule is CC1(C)c2cc(N(C3=CCC(c4ccccc4)C=C3)c3ccc(-c4ccccc4)cc3)ccc2-c2ccc(-n3c(-c4ccccc4)c(C4=CC=CCC4)c4ccccc43)cc21. The molecule has 3 aliphatic carbocycles. The Labute approximate surface area is 359 Å². The first-order valence-corrected chi connectivity index (χ1v) is 21.8.